The van der Waals surface area contributed by atoms with Crippen molar-refractivity contribution in [2.45, 2.75) is 65.0 Å². The molecule has 4 nitrogen and oxygen atoms in total. The minimum Gasteiger partial charge on any atom is -0.481 e. The molecule has 0 saturated heterocycles. The maximum absolute atomic E-state index is 12.5. The quantitative estimate of drug-likeness (QED) is 0.812. The van der Waals surface area contributed by atoms with Crippen LogP contribution in [0.25, 0.3) is 0 Å². The van der Waals surface area contributed by atoms with Crippen LogP contribution in [-0.2, 0) is 4.79 Å². The van der Waals surface area contributed by atoms with Crippen LogP contribution < -0.4 is 15.8 Å². The molecule has 1 amide bonds. The molecular formula is C19H30N2O2. The number of amides is 1. The zero-order valence-electron chi connectivity index (χ0n) is 15.0. The molecule has 0 radical (unpaired) electrons. The summed E-state index contributed by atoms with van der Waals surface area (Å²) in [6, 6.07) is 6.19. The first-order valence-corrected chi connectivity index (χ1v) is 8.56. The van der Waals surface area contributed by atoms with Gasteiger partial charge in [-0.3, -0.25) is 4.79 Å². The lowest BCUT2D eigenvalue weighted by Crippen LogP contribution is -2.56. The second kappa shape index (κ2) is 6.91. The van der Waals surface area contributed by atoms with Gasteiger partial charge in [-0.1, -0.05) is 26.0 Å². The SMILES string of the molecule is Cc1ccc(C(C)C)cc1OC(C)C(=O)NC(C)(CN)C1CC1. The minimum atomic E-state index is -0.541. The number of carbonyl (C=O) groups is 1. The zero-order chi connectivity index (χ0) is 17.2. The van der Waals surface area contributed by atoms with E-state index in [9.17, 15) is 4.79 Å². The molecule has 2 rings (SSSR count). The van der Waals surface area contributed by atoms with E-state index in [1.54, 1.807) is 6.92 Å². The lowest BCUT2D eigenvalue weighted by Gasteiger charge is -2.31. The number of nitrogens with one attached hydrogen (secondary N) is 1. The molecule has 2 unspecified atom stereocenters. The fourth-order valence-corrected chi connectivity index (χ4v) is 2.77. The maximum atomic E-state index is 12.5. The maximum Gasteiger partial charge on any atom is 0.261 e. The van der Waals surface area contributed by atoms with Crippen LogP contribution in [0.3, 0.4) is 0 Å². The van der Waals surface area contributed by atoms with Gasteiger partial charge in [0.1, 0.15) is 5.75 Å². The van der Waals surface area contributed by atoms with Gasteiger partial charge < -0.3 is 15.8 Å². The first-order valence-electron chi connectivity index (χ1n) is 8.56. The second-order valence-electron chi connectivity index (χ2n) is 7.32. The molecule has 0 aromatic heterocycles. The van der Waals surface area contributed by atoms with Crippen molar-refractivity contribution in [2.24, 2.45) is 11.7 Å². The van der Waals surface area contributed by atoms with Gasteiger partial charge in [-0.25, -0.2) is 0 Å². The van der Waals surface area contributed by atoms with Crippen molar-refractivity contribution >= 4 is 5.91 Å². The van der Waals surface area contributed by atoms with Gasteiger partial charge in [0.25, 0.3) is 5.91 Å². The zero-order valence-corrected chi connectivity index (χ0v) is 15.0. The lowest BCUT2D eigenvalue weighted by atomic mass is 9.95. The first kappa shape index (κ1) is 17.8. The van der Waals surface area contributed by atoms with E-state index in [1.807, 2.05) is 26.0 Å². The highest BCUT2D eigenvalue weighted by Gasteiger charge is 2.42. The highest BCUT2D eigenvalue weighted by atomic mass is 16.5. The van der Waals surface area contributed by atoms with Gasteiger partial charge in [0.05, 0.1) is 5.54 Å². The third kappa shape index (κ3) is 4.25. The number of nitrogens with two attached hydrogens (primary N) is 1. The average molecular weight is 318 g/mol. The number of ether oxygens (including phenoxy) is 1. The number of carbonyl (C=O) groups excluding carboxylic acids is 1. The van der Waals surface area contributed by atoms with Gasteiger partial charge in [0.15, 0.2) is 6.10 Å². The van der Waals surface area contributed by atoms with Crippen LogP contribution in [0.2, 0.25) is 0 Å². The van der Waals surface area contributed by atoms with Crippen LogP contribution in [0.15, 0.2) is 18.2 Å². The molecule has 1 aliphatic carbocycles. The summed E-state index contributed by atoms with van der Waals surface area (Å²) in [4.78, 5) is 12.5. The molecule has 1 aromatic carbocycles. The minimum absolute atomic E-state index is 0.0980. The van der Waals surface area contributed by atoms with Gasteiger partial charge in [0, 0.05) is 6.54 Å². The molecule has 3 N–H and O–H groups in total. The summed E-state index contributed by atoms with van der Waals surface area (Å²) in [5.74, 6) is 1.60. The van der Waals surface area contributed by atoms with E-state index in [2.05, 4.69) is 25.2 Å². The Kier molecular flexibility index (Phi) is 5.35. The summed E-state index contributed by atoms with van der Waals surface area (Å²) >= 11 is 0. The molecule has 1 fully saturated rings. The fourth-order valence-electron chi connectivity index (χ4n) is 2.77. The monoisotopic (exact) mass is 318 g/mol. The number of benzene rings is 1. The van der Waals surface area contributed by atoms with Gasteiger partial charge >= 0.3 is 0 Å². The molecule has 0 aliphatic heterocycles. The average Bonchev–Trinajstić information content (AvgIpc) is 3.34. The fraction of sp³-hybridized carbons (Fsp3) is 0.632. The van der Waals surface area contributed by atoms with Gasteiger partial charge in [-0.05, 0) is 62.6 Å². The Morgan fingerprint density at radius 1 is 1.39 bits per heavy atom. The van der Waals surface area contributed by atoms with E-state index in [-0.39, 0.29) is 11.4 Å². The van der Waals surface area contributed by atoms with Gasteiger partial charge in [-0.15, -0.1) is 0 Å². The standard InChI is InChI=1S/C19H30N2O2/c1-12(2)15-7-6-13(3)17(10-15)23-14(4)18(22)21-19(5,11-20)16-8-9-16/h6-7,10,12,14,16H,8-9,11,20H2,1-5H3,(H,21,22). The van der Waals surface area contributed by atoms with Crippen LogP contribution in [0.1, 0.15) is 57.6 Å². The Labute approximate surface area is 139 Å². The second-order valence-corrected chi connectivity index (χ2v) is 7.32. The van der Waals surface area contributed by atoms with Crippen molar-refractivity contribution < 1.29 is 9.53 Å². The molecule has 0 heterocycles. The van der Waals surface area contributed by atoms with Crippen molar-refractivity contribution in [1.82, 2.24) is 5.32 Å². The van der Waals surface area contributed by atoms with Crippen molar-refractivity contribution in [3.05, 3.63) is 29.3 Å². The lowest BCUT2D eigenvalue weighted by molar-refractivity contribution is -0.129. The molecule has 1 aromatic rings. The molecule has 1 saturated carbocycles. The molecule has 1 aliphatic rings. The van der Waals surface area contributed by atoms with Gasteiger partial charge in [-0.2, -0.15) is 0 Å². The first-order chi connectivity index (χ1) is 10.8. The van der Waals surface area contributed by atoms with Crippen molar-refractivity contribution in [2.75, 3.05) is 6.54 Å². The predicted octanol–water partition coefficient (Wildman–Crippen LogP) is 3.13. The van der Waals surface area contributed by atoms with Crippen LogP contribution in [0.5, 0.6) is 5.75 Å². The molecular weight excluding hydrogens is 288 g/mol. The molecule has 128 valence electrons. The molecule has 0 bridgehead atoms. The highest BCUT2D eigenvalue weighted by Crippen LogP contribution is 2.39. The molecule has 23 heavy (non-hydrogen) atoms. The Bertz CT molecular complexity index is 566. The Morgan fingerprint density at radius 3 is 2.57 bits per heavy atom. The third-order valence-corrected chi connectivity index (χ3v) is 4.86. The number of hydrogen-bond acceptors (Lipinski definition) is 3. The topological polar surface area (TPSA) is 64.3 Å². The highest BCUT2D eigenvalue weighted by molar-refractivity contribution is 5.81. The van der Waals surface area contributed by atoms with Gasteiger partial charge in [0.2, 0.25) is 0 Å². The smallest absolute Gasteiger partial charge is 0.261 e. The van der Waals surface area contributed by atoms with E-state index >= 15 is 0 Å². The predicted molar refractivity (Wildman–Crippen MR) is 93.7 cm³/mol. The van der Waals surface area contributed by atoms with Crippen LogP contribution >= 0.6 is 0 Å². The van der Waals surface area contributed by atoms with E-state index in [0.29, 0.717) is 18.4 Å². The molecule has 4 heteroatoms. The van der Waals surface area contributed by atoms with Crippen molar-refractivity contribution in [1.29, 1.82) is 0 Å². The van der Waals surface area contributed by atoms with E-state index in [0.717, 1.165) is 24.2 Å². The van der Waals surface area contributed by atoms with Crippen LogP contribution in [0.4, 0.5) is 0 Å². The van der Waals surface area contributed by atoms with Crippen molar-refractivity contribution in [3.8, 4) is 5.75 Å². The summed E-state index contributed by atoms with van der Waals surface area (Å²) in [7, 11) is 0. The summed E-state index contributed by atoms with van der Waals surface area (Å²) in [5, 5.41) is 3.09. The largest absolute Gasteiger partial charge is 0.481 e. The van der Waals surface area contributed by atoms with E-state index in [4.69, 9.17) is 10.5 Å². The number of hydrogen-bond donors (Lipinski definition) is 2. The summed E-state index contributed by atoms with van der Waals surface area (Å²) < 4.78 is 5.94. The Balaban J connectivity index is 2.04. The molecule has 2 atom stereocenters. The normalized spacial score (nSPS) is 18.4. The Hall–Kier alpha value is -1.55. The van der Waals surface area contributed by atoms with Crippen molar-refractivity contribution in [3.63, 3.8) is 0 Å². The van der Waals surface area contributed by atoms with E-state index in [1.165, 1.54) is 5.56 Å². The summed E-state index contributed by atoms with van der Waals surface area (Å²) in [5.41, 5.74) is 7.81. The summed E-state index contributed by atoms with van der Waals surface area (Å²) in [6.45, 7) is 10.6. The third-order valence-electron chi connectivity index (χ3n) is 4.86. The number of aryl methyl sites for hydroxylation is 1. The Morgan fingerprint density at radius 2 is 2.04 bits per heavy atom. The van der Waals surface area contributed by atoms with Crippen LogP contribution in [0, 0.1) is 12.8 Å². The number of rotatable bonds is 7. The van der Waals surface area contributed by atoms with E-state index < -0.39 is 6.10 Å². The van der Waals surface area contributed by atoms with Crippen LogP contribution in [-0.4, -0.2) is 24.1 Å². The molecule has 0 spiro atoms. The summed E-state index contributed by atoms with van der Waals surface area (Å²) in [6.07, 6.45) is 1.73.